The second-order valence-electron chi connectivity index (χ2n) is 5.07. The van der Waals surface area contributed by atoms with Crippen molar-refractivity contribution in [3.8, 4) is 0 Å². The molecule has 0 spiro atoms. The molecule has 0 radical (unpaired) electrons. The zero-order valence-corrected chi connectivity index (χ0v) is 11.3. The quantitative estimate of drug-likeness (QED) is 0.809. The fourth-order valence-electron chi connectivity index (χ4n) is 1.39. The van der Waals surface area contributed by atoms with E-state index in [1.165, 1.54) is 6.92 Å². The fourth-order valence-corrected chi connectivity index (χ4v) is 1.39. The van der Waals surface area contributed by atoms with E-state index in [4.69, 9.17) is 4.74 Å². The standard InChI is InChI=1S/C14H19NO3/c1-11(16)15(13(17)18-14(2,3)4)10-12-8-6-5-7-9-12/h5-9H,10H2,1-4H3. The summed E-state index contributed by atoms with van der Waals surface area (Å²) in [6.45, 7) is 6.89. The van der Waals surface area contributed by atoms with E-state index < -0.39 is 11.7 Å². The number of hydrogen-bond donors (Lipinski definition) is 0. The third-order valence-electron chi connectivity index (χ3n) is 2.18. The number of ether oxygens (including phenoxy) is 1. The van der Waals surface area contributed by atoms with Gasteiger partial charge in [0.1, 0.15) is 5.60 Å². The number of rotatable bonds is 2. The normalized spacial score (nSPS) is 10.9. The largest absolute Gasteiger partial charge is 0.443 e. The van der Waals surface area contributed by atoms with Crippen LogP contribution in [-0.2, 0) is 16.1 Å². The van der Waals surface area contributed by atoms with Gasteiger partial charge in [0, 0.05) is 6.92 Å². The van der Waals surface area contributed by atoms with Crippen LogP contribution in [0.4, 0.5) is 4.79 Å². The van der Waals surface area contributed by atoms with Gasteiger partial charge >= 0.3 is 6.09 Å². The first-order chi connectivity index (χ1) is 8.29. The molecule has 0 heterocycles. The van der Waals surface area contributed by atoms with Crippen molar-refractivity contribution in [3.63, 3.8) is 0 Å². The van der Waals surface area contributed by atoms with Gasteiger partial charge in [-0.15, -0.1) is 0 Å². The van der Waals surface area contributed by atoms with Gasteiger partial charge in [-0.2, -0.15) is 0 Å². The SMILES string of the molecule is CC(=O)N(Cc1ccccc1)C(=O)OC(C)(C)C. The lowest BCUT2D eigenvalue weighted by atomic mass is 10.2. The molecule has 4 heteroatoms. The molecule has 0 N–H and O–H groups in total. The molecular formula is C14H19NO3. The van der Waals surface area contributed by atoms with Gasteiger partial charge in [0.15, 0.2) is 0 Å². The molecule has 2 amide bonds. The Labute approximate surface area is 108 Å². The van der Waals surface area contributed by atoms with Gasteiger partial charge in [-0.05, 0) is 26.3 Å². The second kappa shape index (κ2) is 5.67. The molecule has 1 aromatic carbocycles. The summed E-state index contributed by atoms with van der Waals surface area (Å²) < 4.78 is 5.20. The summed E-state index contributed by atoms with van der Waals surface area (Å²) in [6.07, 6.45) is -0.612. The Morgan fingerprint density at radius 3 is 2.17 bits per heavy atom. The summed E-state index contributed by atoms with van der Waals surface area (Å²) in [5.41, 5.74) is 0.278. The lowest BCUT2D eigenvalue weighted by Crippen LogP contribution is -2.39. The van der Waals surface area contributed by atoms with Crippen LogP contribution in [-0.4, -0.2) is 22.5 Å². The molecule has 0 bridgehead atoms. The number of carbonyl (C=O) groups is 2. The number of nitrogens with zero attached hydrogens (tertiary/aromatic N) is 1. The zero-order valence-electron chi connectivity index (χ0n) is 11.3. The van der Waals surface area contributed by atoms with E-state index in [1.54, 1.807) is 20.8 Å². The molecule has 1 rings (SSSR count). The first-order valence-corrected chi connectivity index (χ1v) is 5.84. The van der Waals surface area contributed by atoms with Gasteiger partial charge < -0.3 is 4.74 Å². The predicted octanol–water partition coefficient (Wildman–Crippen LogP) is 2.97. The van der Waals surface area contributed by atoms with Crippen LogP contribution in [0.1, 0.15) is 33.3 Å². The Hall–Kier alpha value is -1.84. The lowest BCUT2D eigenvalue weighted by Gasteiger charge is -2.25. The van der Waals surface area contributed by atoms with Gasteiger partial charge in [0.05, 0.1) is 6.54 Å². The maximum absolute atomic E-state index is 11.9. The van der Waals surface area contributed by atoms with Crippen LogP contribution in [0.15, 0.2) is 30.3 Å². The van der Waals surface area contributed by atoms with Gasteiger partial charge in [-0.3, -0.25) is 4.79 Å². The molecule has 0 aliphatic carbocycles. The first kappa shape index (κ1) is 14.2. The van der Waals surface area contributed by atoms with E-state index in [2.05, 4.69) is 0 Å². The van der Waals surface area contributed by atoms with E-state index in [1.807, 2.05) is 30.3 Å². The average molecular weight is 249 g/mol. The number of benzene rings is 1. The van der Waals surface area contributed by atoms with Gasteiger partial charge in [0.25, 0.3) is 0 Å². The molecule has 98 valence electrons. The molecule has 0 saturated heterocycles. The third kappa shape index (κ3) is 4.57. The van der Waals surface area contributed by atoms with Crippen LogP contribution in [0, 0.1) is 0 Å². The van der Waals surface area contributed by atoms with Crippen molar-refractivity contribution in [2.75, 3.05) is 0 Å². The van der Waals surface area contributed by atoms with Crippen molar-refractivity contribution < 1.29 is 14.3 Å². The monoisotopic (exact) mass is 249 g/mol. The minimum Gasteiger partial charge on any atom is -0.443 e. The van der Waals surface area contributed by atoms with Gasteiger partial charge in [-0.1, -0.05) is 30.3 Å². The fraction of sp³-hybridized carbons (Fsp3) is 0.429. The number of amides is 2. The van der Waals surface area contributed by atoms with Crippen LogP contribution in [0.3, 0.4) is 0 Å². The molecule has 0 saturated carbocycles. The van der Waals surface area contributed by atoms with E-state index in [0.29, 0.717) is 0 Å². The Balaban J connectivity index is 2.78. The lowest BCUT2D eigenvalue weighted by molar-refractivity contribution is -0.128. The van der Waals surface area contributed by atoms with Crippen molar-refractivity contribution in [3.05, 3.63) is 35.9 Å². The molecule has 0 fully saturated rings. The van der Waals surface area contributed by atoms with Crippen molar-refractivity contribution in [1.82, 2.24) is 4.90 Å². The summed E-state index contributed by atoms with van der Waals surface area (Å²) in [5.74, 6) is -0.326. The molecule has 0 aromatic heterocycles. The van der Waals surface area contributed by atoms with Crippen LogP contribution < -0.4 is 0 Å². The van der Waals surface area contributed by atoms with E-state index in [9.17, 15) is 9.59 Å². The highest BCUT2D eigenvalue weighted by atomic mass is 16.6. The molecule has 0 unspecified atom stereocenters. The Kier molecular flexibility index (Phi) is 4.48. The van der Waals surface area contributed by atoms with Crippen LogP contribution in [0.5, 0.6) is 0 Å². The molecule has 4 nitrogen and oxygen atoms in total. The van der Waals surface area contributed by atoms with Gasteiger partial charge in [-0.25, -0.2) is 9.69 Å². The summed E-state index contributed by atoms with van der Waals surface area (Å²) in [5, 5.41) is 0. The molecule has 18 heavy (non-hydrogen) atoms. The first-order valence-electron chi connectivity index (χ1n) is 5.84. The van der Waals surface area contributed by atoms with Crippen molar-refractivity contribution in [2.24, 2.45) is 0 Å². The van der Waals surface area contributed by atoms with Crippen LogP contribution >= 0.6 is 0 Å². The number of carbonyl (C=O) groups excluding carboxylic acids is 2. The smallest absolute Gasteiger partial charge is 0.417 e. The highest BCUT2D eigenvalue weighted by molar-refractivity contribution is 5.90. The summed E-state index contributed by atoms with van der Waals surface area (Å²) >= 11 is 0. The van der Waals surface area contributed by atoms with Crippen LogP contribution in [0.25, 0.3) is 0 Å². The van der Waals surface area contributed by atoms with Crippen molar-refractivity contribution in [2.45, 2.75) is 39.8 Å². The third-order valence-corrected chi connectivity index (χ3v) is 2.18. The van der Waals surface area contributed by atoms with Crippen LogP contribution in [0.2, 0.25) is 0 Å². The second-order valence-corrected chi connectivity index (χ2v) is 5.07. The Morgan fingerprint density at radius 2 is 1.72 bits per heavy atom. The highest BCUT2D eigenvalue weighted by Crippen LogP contribution is 2.12. The summed E-state index contributed by atoms with van der Waals surface area (Å²) in [4.78, 5) is 24.5. The molecule has 0 atom stereocenters. The summed E-state index contributed by atoms with van der Waals surface area (Å²) in [6, 6.07) is 9.33. The van der Waals surface area contributed by atoms with Crippen molar-refractivity contribution >= 4 is 12.0 Å². The maximum atomic E-state index is 11.9. The van der Waals surface area contributed by atoms with E-state index >= 15 is 0 Å². The molecule has 0 aliphatic rings. The predicted molar refractivity (Wildman–Crippen MR) is 68.9 cm³/mol. The number of hydrogen-bond acceptors (Lipinski definition) is 3. The Bertz CT molecular complexity index is 420. The summed E-state index contributed by atoms with van der Waals surface area (Å²) in [7, 11) is 0. The van der Waals surface area contributed by atoms with E-state index in [0.717, 1.165) is 10.5 Å². The topological polar surface area (TPSA) is 46.6 Å². The highest BCUT2D eigenvalue weighted by Gasteiger charge is 2.24. The zero-order chi connectivity index (χ0) is 13.8. The average Bonchev–Trinajstić information content (AvgIpc) is 2.24. The Morgan fingerprint density at radius 1 is 1.17 bits per heavy atom. The van der Waals surface area contributed by atoms with Gasteiger partial charge in [0.2, 0.25) is 5.91 Å². The minimum atomic E-state index is -0.612. The minimum absolute atomic E-state index is 0.227. The number of imide groups is 1. The van der Waals surface area contributed by atoms with Crippen molar-refractivity contribution in [1.29, 1.82) is 0 Å². The molecule has 1 aromatic rings. The molecule has 0 aliphatic heterocycles. The molecular weight excluding hydrogens is 230 g/mol. The maximum Gasteiger partial charge on any atom is 0.417 e. The van der Waals surface area contributed by atoms with E-state index in [-0.39, 0.29) is 12.5 Å².